The van der Waals surface area contributed by atoms with Crippen molar-refractivity contribution in [1.82, 2.24) is 20.1 Å². The molecule has 8 heteroatoms. The molecular weight excluding hydrogens is 339 g/mol. The molecule has 23 heavy (non-hydrogen) atoms. The first-order chi connectivity index (χ1) is 11.0. The Balaban J connectivity index is 1.92. The number of carbonyl (C=O) groups is 1. The summed E-state index contributed by atoms with van der Waals surface area (Å²) in [5, 5.41) is 17.8. The summed E-state index contributed by atoms with van der Waals surface area (Å²) < 4.78 is 1.47. The number of carboxylic acid groups (broad SMARTS) is 1. The van der Waals surface area contributed by atoms with Crippen molar-refractivity contribution < 1.29 is 9.90 Å². The number of benzene rings is 1. The van der Waals surface area contributed by atoms with Crippen LogP contribution in [0, 0.1) is 0 Å². The second kappa shape index (κ2) is 6.86. The second-order valence-corrected chi connectivity index (χ2v) is 6.32. The minimum absolute atomic E-state index is 0.178. The van der Waals surface area contributed by atoms with Gasteiger partial charge < -0.3 is 10.4 Å². The van der Waals surface area contributed by atoms with E-state index < -0.39 is 5.97 Å². The number of carboxylic acids is 1. The van der Waals surface area contributed by atoms with Crippen molar-refractivity contribution >= 4 is 29.2 Å². The van der Waals surface area contributed by atoms with E-state index in [0.29, 0.717) is 28.1 Å². The Labute approximate surface area is 143 Å². The van der Waals surface area contributed by atoms with Crippen LogP contribution >= 0.6 is 23.2 Å². The third kappa shape index (κ3) is 3.65. The fourth-order valence-corrected chi connectivity index (χ4v) is 3.29. The van der Waals surface area contributed by atoms with Crippen LogP contribution in [0.2, 0.25) is 10.0 Å². The van der Waals surface area contributed by atoms with Crippen molar-refractivity contribution in [3.8, 4) is 0 Å². The first-order valence-electron chi connectivity index (χ1n) is 7.33. The van der Waals surface area contributed by atoms with Gasteiger partial charge in [0.1, 0.15) is 12.4 Å². The number of aliphatic carboxylic acids is 1. The van der Waals surface area contributed by atoms with E-state index >= 15 is 0 Å². The molecule has 1 aromatic carbocycles. The summed E-state index contributed by atoms with van der Waals surface area (Å²) in [6, 6.07) is 5.30. The van der Waals surface area contributed by atoms with Crippen LogP contribution in [0.15, 0.2) is 18.2 Å². The Morgan fingerprint density at radius 2 is 2.13 bits per heavy atom. The monoisotopic (exact) mass is 354 g/mol. The van der Waals surface area contributed by atoms with Gasteiger partial charge in [0.2, 0.25) is 0 Å². The maximum Gasteiger partial charge on any atom is 0.325 e. The molecule has 1 unspecified atom stereocenters. The molecule has 0 amide bonds. The van der Waals surface area contributed by atoms with Crippen molar-refractivity contribution in [2.75, 3.05) is 13.1 Å². The van der Waals surface area contributed by atoms with Crippen molar-refractivity contribution in [3.63, 3.8) is 0 Å². The van der Waals surface area contributed by atoms with E-state index in [0.717, 1.165) is 25.1 Å². The van der Waals surface area contributed by atoms with Crippen molar-refractivity contribution in [2.45, 2.75) is 25.3 Å². The number of hydrogen-bond acceptors (Lipinski definition) is 4. The van der Waals surface area contributed by atoms with E-state index in [1.54, 1.807) is 18.2 Å². The molecular formula is C15H16Cl2N4O2. The van der Waals surface area contributed by atoms with E-state index in [1.165, 1.54) is 4.68 Å². The summed E-state index contributed by atoms with van der Waals surface area (Å²) in [5.41, 5.74) is 0.749. The smallest absolute Gasteiger partial charge is 0.325 e. The zero-order valence-corrected chi connectivity index (χ0v) is 13.8. The molecule has 1 aliphatic rings. The normalized spacial score (nSPS) is 17.6. The van der Waals surface area contributed by atoms with Gasteiger partial charge in [0, 0.05) is 28.9 Å². The van der Waals surface area contributed by atoms with Gasteiger partial charge in [-0.1, -0.05) is 29.3 Å². The first kappa shape index (κ1) is 16.2. The van der Waals surface area contributed by atoms with Crippen LogP contribution in [0.4, 0.5) is 0 Å². The molecule has 0 saturated carbocycles. The molecule has 122 valence electrons. The van der Waals surface area contributed by atoms with Crippen molar-refractivity contribution in [2.24, 2.45) is 0 Å². The van der Waals surface area contributed by atoms with E-state index in [1.807, 2.05) is 0 Å². The highest BCUT2D eigenvalue weighted by Gasteiger charge is 2.25. The molecule has 1 aromatic heterocycles. The van der Waals surface area contributed by atoms with Gasteiger partial charge in [-0.15, -0.1) is 0 Å². The number of aromatic nitrogens is 3. The Bertz CT molecular complexity index is 706. The van der Waals surface area contributed by atoms with Gasteiger partial charge in [0.05, 0.1) is 0 Å². The van der Waals surface area contributed by atoms with Gasteiger partial charge in [-0.2, -0.15) is 5.10 Å². The average Bonchev–Trinajstić information content (AvgIpc) is 3.12. The molecule has 0 radical (unpaired) electrons. The Hall–Kier alpha value is -1.63. The maximum absolute atomic E-state index is 11.1. The minimum atomic E-state index is -0.940. The molecule has 2 heterocycles. The molecule has 2 N–H and O–H groups in total. The highest BCUT2D eigenvalue weighted by molar-refractivity contribution is 6.36. The topological polar surface area (TPSA) is 80.0 Å². The largest absolute Gasteiger partial charge is 0.480 e. The van der Waals surface area contributed by atoms with Gasteiger partial charge in [-0.3, -0.25) is 4.79 Å². The van der Waals surface area contributed by atoms with Crippen LogP contribution in [-0.2, 0) is 17.8 Å². The zero-order valence-electron chi connectivity index (χ0n) is 12.3. The van der Waals surface area contributed by atoms with Crippen LogP contribution in [0.1, 0.15) is 29.6 Å². The van der Waals surface area contributed by atoms with Crippen LogP contribution in [0.5, 0.6) is 0 Å². The average molecular weight is 355 g/mol. The van der Waals surface area contributed by atoms with E-state index in [4.69, 9.17) is 28.3 Å². The Kier molecular flexibility index (Phi) is 4.84. The van der Waals surface area contributed by atoms with Gasteiger partial charge in [0.15, 0.2) is 5.82 Å². The highest BCUT2D eigenvalue weighted by Crippen LogP contribution is 2.27. The van der Waals surface area contributed by atoms with E-state index in [2.05, 4.69) is 15.4 Å². The second-order valence-electron chi connectivity index (χ2n) is 5.50. The molecule has 1 saturated heterocycles. The maximum atomic E-state index is 11.1. The molecule has 0 aliphatic carbocycles. The van der Waals surface area contributed by atoms with E-state index in [9.17, 15) is 4.79 Å². The quantitative estimate of drug-likeness (QED) is 0.861. The number of nitrogens with one attached hydrogen (secondary N) is 1. The lowest BCUT2D eigenvalue weighted by Gasteiger charge is -2.07. The summed E-state index contributed by atoms with van der Waals surface area (Å²) >= 11 is 12.4. The molecule has 3 rings (SSSR count). The fourth-order valence-electron chi connectivity index (χ4n) is 2.76. The molecule has 0 bridgehead atoms. The van der Waals surface area contributed by atoms with Gasteiger partial charge in [-0.25, -0.2) is 9.67 Å². The first-order valence-corrected chi connectivity index (χ1v) is 8.09. The highest BCUT2D eigenvalue weighted by atomic mass is 35.5. The fraction of sp³-hybridized carbons (Fsp3) is 0.400. The number of rotatable bonds is 5. The standard InChI is InChI=1S/C15H16Cl2N4O2/c16-11-2-1-3-12(17)10(11)6-13-19-15(9-4-5-18-7-9)21(20-13)8-14(22)23/h1-3,9,18H,4-8H2,(H,22,23). The van der Waals surface area contributed by atoms with Crippen LogP contribution in [0.25, 0.3) is 0 Å². The lowest BCUT2D eigenvalue weighted by molar-refractivity contribution is -0.137. The molecule has 1 atom stereocenters. The molecule has 2 aromatic rings. The van der Waals surface area contributed by atoms with Gasteiger partial charge in [0.25, 0.3) is 0 Å². The minimum Gasteiger partial charge on any atom is -0.480 e. The summed E-state index contributed by atoms with van der Waals surface area (Å²) in [7, 11) is 0. The SMILES string of the molecule is O=C(O)Cn1nc(Cc2c(Cl)cccc2Cl)nc1C1CCNC1. The van der Waals surface area contributed by atoms with Crippen molar-refractivity contribution in [3.05, 3.63) is 45.5 Å². The molecule has 0 spiro atoms. The Morgan fingerprint density at radius 3 is 2.74 bits per heavy atom. The van der Waals surface area contributed by atoms with Crippen LogP contribution in [-0.4, -0.2) is 38.9 Å². The lowest BCUT2D eigenvalue weighted by Crippen LogP contribution is -2.17. The summed E-state index contributed by atoms with van der Waals surface area (Å²) in [6.07, 6.45) is 1.29. The molecule has 1 aliphatic heterocycles. The third-order valence-corrected chi connectivity index (χ3v) is 4.56. The third-order valence-electron chi connectivity index (χ3n) is 3.85. The van der Waals surface area contributed by atoms with Gasteiger partial charge in [-0.05, 0) is 30.7 Å². The number of hydrogen-bond donors (Lipinski definition) is 2. The molecule has 6 nitrogen and oxygen atoms in total. The van der Waals surface area contributed by atoms with E-state index in [-0.39, 0.29) is 12.5 Å². The number of nitrogens with zero attached hydrogens (tertiary/aromatic N) is 3. The van der Waals surface area contributed by atoms with Crippen molar-refractivity contribution in [1.29, 1.82) is 0 Å². The number of halogens is 2. The van der Waals surface area contributed by atoms with Crippen LogP contribution < -0.4 is 5.32 Å². The molecule has 1 fully saturated rings. The van der Waals surface area contributed by atoms with Crippen LogP contribution in [0.3, 0.4) is 0 Å². The Morgan fingerprint density at radius 1 is 1.39 bits per heavy atom. The zero-order chi connectivity index (χ0) is 16.4. The summed E-state index contributed by atoms with van der Waals surface area (Å²) in [4.78, 5) is 15.6. The summed E-state index contributed by atoms with van der Waals surface area (Å²) in [6.45, 7) is 1.48. The summed E-state index contributed by atoms with van der Waals surface area (Å²) in [5.74, 6) is 0.473. The predicted octanol–water partition coefficient (Wildman–Crippen LogP) is 2.34. The lowest BCUT2D eigenvalue weighted by atomic mass is 10.1. The van der Waals surface area contributed by atoms with Gasteiger partial charge >= 0.3 is 5.97 Å². The predicted molar refractivity (Wildman–Crippen MR) is 87.2 cm³/mol.